The van der Waals surface area contributed by atoms with Gasteiger partial charge in [0.2, 0.25) is 0 Å². The molecule has 0 amide bonds. The second-order valence-electron chi connectivity index (χ2n) is 4.57. The molecule has 0 radical (unpaired) electrons. The second-order valence-corrected chi connectivity index (χ2v) is 4.57. The first kappa shape index (κ1) is 11.6. The Morgan fingerprint density at radius 3 is 2.78 bits per heavy atom. The maximum atomic E-state index is 13.2. The van der Waals surface area contributed by atoms with Crippen molar-refractivity contribution >= 4 is 10.9 Å². The molecule has 0 bridgehead atoms. The van der Waals surface area contributed by atoms with Crippen LogP contribution in [0.3, 0.4) is 0 Å². The summed E-state index contributed by atoms with van der Waals surface area (Å²) < 4.78 is 41.1. The van der Waals surface area contributed by atoms with Crippen LogP contribution >= 0.6 is 0 Å². The molecule has 0 saturated carbocycles. The van der Waals surface area contributed by atoms with E-state index in [2.05, 4.69) is 5.32 Å². The Kier molecular flexibility index (Phi) is 2.41. The van der Waals surface area contributed by atoms with Gasteiger partial charge in [-0.1, -0.05) is 18.2 Å². The molecule has 0 fully saturated rings. The van der Waals surface area contributed by atoms with Gasteiger partial charge in [-0.05, 0) is 19.0 Å². The van der Waals surface area contributed by atoms with Crippen molar-refractivity contribution in [2.75, 3.05) is 7.05 Å². The van der Waals surface area contributed by atoms with Gasteiger partial charge in [0.05, 0.1) is 5.52 Å². The highest BCUT2D eigenvalue weighted by molar-refractivity contribution is 5.89. The molecule has 1 N–H and O–H groups in total. The van der Waals surface area contributed by atoms with Crippen LogP contribution in [0.1, 0.15) is 16.8 Å². The number of benzene rings is 1. The molecule has 1 aromatic heterocycles. The first-order valence-corrected chi connectivity index (χ1v) is 5.89. The van der Waals surface area contributed by atoms with E-state index in [1.54, 1.807) is 13.1 Å². The molecule has 2 nitrogen and oxygen atoms in total. The molecule has 1 aliphatic heterocycles. The van der Waals surface area contributed by atoms with Crippen molar-refractivity contribution in [3.8, 4) is 0 Å². The van der Waals surface area contributed by atoms with Crippen molar-refractivity contribution < 1.29 is 13.2 Å². The Labute approximate surface area is 102 Å². The smallest absolute Gasteiger partial charge is 0.336 e. The molecular weight excluding hydrogens is 241 g/mol. The van der Waals surface area contributed by atoms with E-state index in [0.717, 1.165) is 16.5 Å². The molecule has 1 aromatic carbocycles. The number of aromatic nitrogens is 1. The zero-order chi connectivity index (χ0) is 12.9. The number of para-hydroxylation sites is 1. The van der Waals surface area contributed by atoms with Crippen molar-refractivity contribution in [3.63, 3.8) is 0 Å². The Morgan fingerprint density at radius 1 is 1.33 bits per heavy atom. The van der Waals surface area contributed by atoms with E-state index < -0.39 is 11.9 Å². The van der Waals surface area contributed by atoms with Crippen molar-refractivity contribution in [2.24, 2.45) is 0 Å². The van der Waals surface area contributed by atoms with Crippen LogP contribution in [0.5, 0.6) is 0 Å². The number of aryl methyl sites for hydroxylation is 2. The molecule has 2 aromatic rings. The maximum Gasteiger partial charge on any atom is 0.431 e. The van der Waals surface area contributed by atoms with E-state index in [1.807, 2.05) is 12.1 Å². The van der Waals surface area contributed by atoms with E-state index >= 15 is 0 Å². The van der Waals surface area contributed by atoms with Gasteiger partial charge in [0.15, 0.2) is 0 Å². The Bertz CT molecular complexity index is 611. The molecule has 5 heteroatoms. The van der Waals surface area contributed by atoms with Crippen LogP contribution in [0.4, 0.5) is 13.2 Å². The molecule has 1 aliphatic rings. The lowest BCUT2D eigenvalue weighted by atomic mass is 10.1. The fraction of sp³-hybridized carbons (Fsp3) is 0.385. The lowest BCUT2D eigenvalue weighted by molar-refractivity contribution is -0.143. The summed E-state index contributed by atoms with van der Waals surface area (Å²) in [5.41, 5.74) is 1.65. The standard InChI is InChI=1S/C13H13F3N2/c1-17-7-10-9-4-2-3-8-5-6-18(11(8)9)12(10)13(14,15)16/h2-4,17H,5-7H2,1H3. The van der Waals surface area contributed by atoms with Crippen LogP contribution < -0.4 is 5.32 Å². The monoisotopic (exact) mass is 254 g/mol. The lowest BCUT2D eigenvalue weighted by Crippen LogP contribution is -2.17. The second kappa shape index (κ2) is 3.75. The van der Waals surface area contributed by atoms with Crippen LogP contribution in [0.2, 0.25) is 0 Å². The molecule has 3 rings (SSSR count). The van der Waals surface area contributed by atoms with Crippen LogP contribution in [0.15, 0.2) is 18.2 Å². The Hall–Kier alpha value is -1.49. The summed E-state index contributed by atoms with van der Waals surface area (Å²) in [5, 5.41) is 3.56. The van der Waals surface area contributed by atoms with Gasteiger partial charge in [-0.15, -0.1) is 0 Å². The van der Waals surface area contributed by atoms with Gasteiger partial charge in [-0.25, -0.2) is 0 Å². The summed E-state index contributed by atoms with van der Waals surface area (Å²) in [6, 6.07) is 5.53. The highest BCUT2D eigenvalue weighted by atomic mass is 19.4. The average molecular weight is 254 g/mol. The van der Waals surface area contributed by atoms with E-state index in [4.69, 9.17) is 0 Å². The molecule has 18 heavy (non-hydrogen) atoms. The molecule has 0 spiro atoms. The molecule has 0 aliphatic carbocycles. The highest BCUT2D eigenvalue weighted by Crippen LogP contribution is 2.41. The third kappa shape index (κ3) is 1.47. The minimum Gasteiger partial charge on any atom is -0.336 e. The topological polar surface area (TPSA) is 17.0 Å². The first-order chi connectivity index (χ1) is 8.54. The minimum atomic E-state index is -4.30. The molecular formula is C13H13F3N2. The van der Waals surface area contributed by atoms with Crippen molar-refractivity contribution in [1.82, 2.24) is 9.88 Å². The average Bonchev–Trinajstić information content (AvgIpc) is 2.83. The van der Waals surface area contributed by atoms with Gasteiger partial charge in [-0.3, -0.25) is 0 Å². The number of alkyl halides is 3. The van der Waals surface area contributed by atoms with Gasteiger partial charge < -0.3 is 9.88 Å². The Morgan fingerprint density at radius 2 is 2.11 bits per heavy atom. The summed E-state index contributed by atoms with van der Waals surface area (Å²) in [4.78, 5) is 0. The van der Waals surface area contributed by atoms with E-state index in [9.17, 15) is 13.2 Å². The first-order valence-electron chi connectivity index (χ1n) is 5.89. The number of hydrogen-bond donors (Lipinski definition) is 1. The molecule has 0 atom stereocenters. The SMILES string of the molecule is CNCc1c(C(F)(F)F)n2c3c(cccc13)CC2. The Balaban J connectivity index is 2.39. The lowest BCUT2D eigenvalue weighted by Gasteiger charge is -2.12. The molecule has 0 saturated heterocycles. The predicted octanol–water partition coefficient (Wildman–Crippen LogP) is 2.94. The fourth-order valence-corrected chi connectivity index (χ4v) is 2.89. The third-order valence-electron chi connectivity index (χ3n) is 3.50. The van der Waals surface area contributed by atoms with Gasteiger partial charge in [0, 0.05) is 24.0 Å². The summed E-state index contributed by atoms with van der Waals surface area (Å²) in [6.45, 7) is 0.663. The summed E-state index contributed by atoms with van der Waals surface area (Å²) in [6.07, 6.45) is -3.61. The normalized spacial score (nSPS) is 14.7. The van der Waals surface area contributed by atoms with Crippen LogP contribution in [-0.2, 0) is 25.7 Å². The van der Waals surface area contributed by atoms with Crippen molar-refractivity contribution in [1.29, 1.82) is 0 Å². The molecule has 96 valence electrons. The van der Waals surface area contributed by atoms with Gasteiger partial charge in [0.25, 0.3) is 0 Å². The van der Waals surface area contributed by atoms with Crippen molar-refractivity contribution in [2.45, 2.75) is 25.7 Å². The number of rotatable bonds is 2. The number of nitrogens with one attached hydrogen (secondary N) is 1. The van der Waals surface area contributed by atoms with Gasteiger partial charge >= 0.3 is 6.18 Å². The highest BCUT2D eigenvalue weighted by Gasteiger charge is 2.40. The molecule has 0 unspecified atom stereocenters. The summed E-state index contributed by atoms with van der Waals surface area (Å²) in [5.74, 6) is 0. The van der Waals surface area contributed by atoms with Gasteiger partial charge in [-0.2, -0.15) is 13.2 Å². The third-order valence-corrected chi connectivity index (χ3v) is 3.50. The van der Waals surface area contributed by atoms with Crippen LogP contribution in [0.25, 0.3) is 10.9 Å². The number of halogens is 3. The largest absolute Gasteiger partial charge is 0.431 e. The van der Waals surface area contributed by atoms with E-state index in [-0.39, 0.29) is 6.54 Å². The van der Waals surface area contributed by atoms with E-state index in [1.165, 1.54) is 4.57 Å². The van der Waals surface area contributed by atoms with E-state index in [0.29, 0.717) is 18.5 Å². The minimum absolute atomic E-state index is 0.238. The molecule has 2 heterocycles. The summed E-state index contributed by atoms with van der Waals surface area (Å²) in [7, 11) is 1.67. The van der Waals surface area contributed by atoms with Crippen LogP contribution in [0, 0.1) is 0 Å². The fourth-order valence-electron chi connectivity index (χ4n) is 2.89. The zero-order valence-electron chi connectivity index (χ0n) is 9.93. The quantitative estimate of drug-likeness (QED) is 0.872. The van der Waals surface area contributed by atoms with Crippen LogP contribution in [-0.4, -0.2) is 11.6 Å². The predicted molar refractivity (Wildman–Crippen MR) is 63.4 cm³/mol. The van der Waals surface area contributed by atoms with Crippen molar-refractivity contribution in [3.05, 3.63) is 35.0 Å². The maximum absolute atomic E-state index is 13.2. The zero-order valence-corrected chi connectivity index (χ0v) is 9.93. The number of nitrogens with zero attached hydrogens (tertiary/aromatic N) is 1. The number of hydrogen-bond acceptors (Lipinski definition) is 1. The van der Waals surface area contributed by atoms with Gasteiger partial charge in [0.1, 0.15) is 5.69 Å². The summed E-state index contributed by atoms with van der Waals surface area (Å²) >= 11 is 0.